The Kier molecular flexibility index (Phi) is 4.51. The Hall–Kier alpha value is -1.46. The molecule has 21 heavy (non-hydrogen) atoms. The average Bonchev–Trinajstić information content (AvgIpc) is 2.46. The smallest absolute Gasteiger partial charge is 0.225 e. The van der Waals surface area contributed by atoms with Crippen LogP contribution >= 0.6 is 0 Å². The van der Waals surface area contributed by atoms with Gasteiger partial charge in [-0.15, -0.1) is 0 Å². The third-order valence-corrected chi connectivity index (χ3v) is 4.71. The molecule has 0 bridgehead atoms. The van der Waals surface area contributed by atoms with Crippen molar-refractivity contribution in [2.75, 3.05) is 39.3 Å². The molecule has 114 valence electrons. The molecule has 3 rings (SSSR count). The van der Waals surface area contributed by atoms with Crippen LogP contribution in [0.1, 0.15) is 12.6 Å². The number of carbonyl (C=O) groups is 1. The zero-order chi connectivity index (χ0) is 14.7. The lowest BCUT2D eigenvalue weighted by Gasteiger charge is -2.39. The van der Waals surface area contributed by atoms with Crippen LogP contribution < -0.4 is 5.32 Å². The third-order valence-electron chi connectivity index (χ3n) is 4.71. The first-order valence-electron chi connectivity index (χ1n) is 7.86. The predicted octanol–water partition coefficient (Wildman–Crippen LogP) is 0.581. The molecule has 0 radical (unpaired) electrons. The van der Waals surface area contributed by atoms with E-state index in [1.807, 2.05) is 23.2 Å². The van der Waals surface area contributed by atoms with Crippen LogP contribution in [0.4, 0.5) is 0 Å². The van der Waals surface area contributed by atoms with Crippen LogP contribution in [0, 0.1) is 11.8 Å². The number of amides is 1. The number of hydrogen-bond donors (Lipinski definition) is 1. The van der Waals surface area contributed by atoms with Gasteiger partial charge in [0.25, 0.3) is 0 Å². The van der Waals surface area contributed by atoms with Crippen molar-refractivity contribution < 1.29 is 4.79 Å². The van der Waals surface area contributed by atoms with Gasteiger partial charge in [0.05, 0.1) is 5.69 Å². The van der Waals surface area contributed by atoms with Crippen LogP contribution in [0.25, 0.3) is 0 Å². The molecule has 2 saturated heterocycles. The van der Waals surface area contributed by atoms with Gasteiger partial charge in [0.1, 0.15) is 0 Å². The van der Waals surface area contributed by atoms with E-state index >= 15 is 0 Å². The van der Waals surface area contributed by atoms with Crippen LogP contribution in [0.5, 0.6) is 0 Å². The van der Waals surface area contributed by atoms with Crippen LogP contribution in [0.2, 0.25) is 0 Å². The normalized spacial score (nSPS) is 21.9. The van der Waals surface area contributed by atoms with E-state index in [0.29, 0.717) is 11.8 Å². The first kappa shape index (κ1) is 14.5. The van der Waals surface area contributed by atoms with E-state index < -0.39 is 0 Å². The molecule has 1 aromatic rings. The molecule has 0 aromatic carbocycles. The molecule has 2 aliphatic rings. The zero-order valence-corrected chi connectivity index (χ0v) is 12.7. The topological polar surface area (TPSA) is 48.5 Å². The van der Waals surface area contributed by atoms with E-state index in [-0.39, 0.29) is 5.92 Å². The zero-order valence-electron chi connectivity index (χ0n) is 12.7. The Morgan fingerprint density at radius 3 is 2.67 bits per heavy atom. The minimum atomic E-state index is 0.161. The molecular weight excluding hydrogens is 264 g/mol. The number of pyridine rings is 1. The van der Waals surface area contributed by atoms with Crippen molar-refractivity contribution in [3.8, 4) is 0 Å². The molecule has 5 heteroatoms. The highest BCUT2D eigenvalue weighted by atomic mass is 16.2. The summed E-state index contributed by atoms with van der Waals surface area (Å²) in [5, 5.41) is 3.25. The fourth-order valence-corrected chi connectivity index (χ4v) is 3.00. The second-order valence-corrected chi connectivity index (χ2v) is 6.13. The van der Waals surface area contributed by atoms with E-state index in [1.54, 1.807) is 0 Å². The van der Waals surface area contributed by atoms with Gasteiger partial charge in [0.15, 0.2) is 0 Å². The summed E-state index contributed by atoms with van der Waals surface area (Å²) in [7, 11) is 0. The van der Waals surface area contributed by atoms with Crippen LogP contribution in [0.3, 0.4) is 0 Å². The van der Waals surface area contributed by atoms with Gasteiger partial charge in [-0.1, -0.05) is 13.0 Å². The minimum absolute atomic E-state index is 0.161. The summed E-state index contributed by atoms with van der Waals surface area (Å²) in [6, 6.07) is 6.02. The van der Waals surface area contributed by atoms with Crippen molar-refractivity contribution >= 4 is 5.91 Å². The Morgan fingerprint density at radius 2 is 2.10 bits per heavy atom. The maximum absolute atomic E-state index is 12.5. The van der Waals surface area contributed by atoms with E-state index in [9.17, 15) is 4.79 Å². The monoisotopic (exact) mass is 288 g/mol. The van der Waals surface area contributed by atoms with E-state index in [4.69, 9.17) is 0 Å². The lowest BCUT2D eigenvalue weighted by molar-refractivity contribution is -0.139. The van der Waals surface area contributed by atoms with E-state index in [1.165, 1.54) is 0 Å². The summed E-state index contributed by atoms with van der Waals surface area (Å²) in [4.78, 5) is 21.2. The first-order chi connectivity index (χ1) is 10.2. The van der Waals surface area contributed by atoms with Crippen molar-refractivity contribution in [3.05, 3.63) is 30.1 Å². The second-order valence-electron chi connectivity index (χ2n) is 6.13. The van der Waals surface area contributed by atoms with Gasteiger partial charge in [-0.05, 0) is 31.1 Å². The standard InChI is InChI=1S/C16H24N4O/c1-13(14-10-17-11-14)16(21)20-8-6-19(7-9-20)12-15-4-2-3-5-18-15/h2-5,13-14,17H,6-12H2,1H3. The van der Waals surface area contributed by atoms with Crippen molar-refractivity contribution in [3.63, 3.8) is 0 Å². The Balaban J connectivity index is 1.47. The number of rotatable bonds is 4. The highest BCUT2D eigenvalue weighted by molar-refractivity contribution is 5.79. The minimum Gasteiger partial charge on any atom is -0.340 e. The third kappa shape index (κ3) is 3.41. The molecule has 0 spiro atoms. The highest BCUT2D eigenvalue weighted by Crippen LogP contribution is 2.19. The molecular formula is C16H24N4O. The Bertz CT molecular complexity index is 466. The number of nitrogens with zero attached hydrogens (tertiary/aromatic N) is 3. The summed E-state index contributed by atoms with van der Waals surface area (Å²) in [5.41, 5.74) is 1.10. The molecule has 0 saturated carbocycles. The summed E-state index contributed by atoms with van der Waals surface area (Å²) >= 11 is 0. The maximum atomic E-state index is 12.5. The fourth-order valence-electron chi connectivity index (χ4n) is 3.00. The van der Waals surface area contributed by atoms with Crippen molar-refractivity contribution in [2.24, 2.45) is 11.8 Å². The molecule has 1 aromatic heterocycles. The maximum Gasteiger partial charge on any atom is 0.225 e. The van der Waals surface area contributed by atoms with Gasteiger partial charge in [-0.2, -0.15) is 0 Å². The number of nitrogens with one attached hydrogen (secondary N) is 1. The lowest BCUT2D eigenvalue weighted by Crippen LogP contribution is -2.54. The van der Waals surface area contributed by atoms with Crippen LogP contribution in [0.15, 0.2) is 24.4 Å². The molecule has 1 unspecified atom stereocenters. The summed E-state index contributed by atoms with van der Waals surface area (Å²) in [6.45, 7) is 8.51. The van der Waals surface area contributed by atoms with E-state index in [2.05, 4.69) is 28.2 Å². The average molecular weight is 288 g/mol. The van der Waals surface area contributed by atoms with Gasteiger partial charge >= 0.3 is 0 Å². The second kappa shape index (κ2) is 6.54. The summed E-state index contributed by atoms with van der Waals surface area (Å²) < 4.78 is 0. The van der Waals surface area contributed by atoms with Gasteiger partial charge < -0.3 is 10.2 Å². The predicted molar refractivity (Wildman–Crippen MR) is 81.6 cm³/mol. The van der Waals surface area contributed by atoms with Gasteiger partial charge in [-0.25, -0.2) is 0 Å². The Labute approximate surface area is 126 Å². The molecule has 2 aliphatic heterocycles. The number of piperazine rings is 1. The molecule has 1 amide bonds. The number of carbonyl (C=O) groups excluding carboxylic acids is 1. The first-order valence-corrected chi connectivity index (χ1v) is 7.86. The van der Waals surface area contributed by atoms with Crippen molar-refractivity contribution in [1.82, 2.24) is 20.1 Å². The van der Waals surface area contributed by atoms with E-state index in [0.717, 1.165) is 51.5 Å². The fraction of sp³-hybridized carbons (Fsp3) is 0.625. The van der Waals surface area contributed by atoms with Crippen LogP contribution in [-0.2, 0) is 11.3 Å². The van der Waals surface area contributed by atoms with Gasteiger partial charge in [-0.3, -0.25) is 14.7 Å². The Morgan fingerprint density at radius 1 is 1.33 bits per heavy atom. The molecule has 5 nitrogen and oxygen atoms in total. The number of aromatic nitrogens is 1. The largest absolute Gasteiger partial charge is 0.340 e. The quantitative estimate of drug-likeness (QED) is 0.880. The SMILES string of the molecule is CC(C(=O)N1CCN(Cc2ccccn2)CC1)C1CNC1. The molecule has 1 N–H and O–H groups in total. The van der Waals surface area contributed by atoms with Gasteiger partial charge in [0.2, 0.25) is 5.91 Å². The van der Waals surface area contributed by atoms with Crippen molar-refractivity contribution in [2.45, 2.75) is 13.5 Å². The lowest BCUT2D eigenvalue weighted by atomic mass is 9.88. The number of hydrogen-bond acceptors (Lipinski definition) is 4. The van der Waals surface area contributed by atoms with Crippen LogP contribution in [-0.4, -0.2) is 60.0 Å². The molecule has 1 atom stereocenters. The van der Waals surface area contributed by atoms with Crippen molar-refractivity contribution in [1.29, 1.82) is 0 Å². The molecule has 0 aliphatic carbocycles. The molecule has 2 fully saturated rings. The summed E-state index contributed by atoms with van der Waals surface area (Å²) in [5.74, 6) is 1.02. The highest BCUT2D eigenvalue weighted by Gasteiger charge is 2.32. The van der Waals surface area contributed by atoms with Gasteiger partial charge in [0, 0.05) is 44.8 Å². The molecule has 3 heterocycles. The summed E-state index contributed by atoms with van der Waals surface area (Å²) in [6.07, 6.45) is 1.84.